The van der Waals surface area contributed by atoms with Gasteiger partial charge >= 0.3 is 0 Å². The summed E-state index contributed by atoms with van der Waals surface area (Å²) in [6.07, 6.45) is 13.9. The third-order valence-corrected chi connectivity index (χ3v) is 12.6. The van der Waals surface area contributed by atoms with E-state index in [1.165, 1.54) is 58.1 Å². The van der Waals surface area contributed by atoms with E-state index in [0.29, 0.717) is 0 Å². The highest BCUT2D eigenvalue weighted by Gasteiger charge is 2.83. The van der Waals surface area contributed by atoms with Crippen LogP contribution in [0.5, 0.6) is 0 Å². The van der Waals surface area contributed by atoms with E-state index in [1.807, 2.05) is 0 Å². The molecule has 0 spiro atoms. The molecule has 0 unspecified atom stereocenters. The normalized spacial score (nSPS) is 43.6. The van der Waals surface area contributed by atoms with E-state index < -0.39 is 120 Å². The van der Waals surface area contributed by atoms with Crippen molar-refractivity contribution in [1.82, 2.24) is 0 Å². The van der Waals surface area contributed by atoms with Crippen molar-refractivity contribution in [3.05, 3.63) is 106 Å². The van der Waals surface area contributed by atoms with Gasteiger partial charge in [-0.15, -0.1) is 0 Å². The number of ketones is 5. The van der Waals surface area contributed by atoms with Gasteiger partial charge in [0, 0.05) is 34.5 Å². The zero-order valence-corrected chi connectivity index (χ0v) is 32.2. The predicted octanol–water partition coefficient (Wildman–Crippen LogP) is 4.45. The molecule has 0 aromatic heterocycles. The van der Waals surface area contributed by atoms with Crippen molar-refractivity contribution in [1.29, 1.82) is 0 Å². The maximum absolute atomic E-state index is 14.5. The third kappa shape index (κ3) is 5.09. The van der Waals surface area contributed by atoms with E-state index in [2.05, 4.69) is 0 Å². The molecule has 2 bridgehead atoms. The number of fused-ring (bicyclic) bond motifs is 6. The lowest BCUT2D eigenvalue weighted by Crippen LogP contribution is -2.72. The van der Waals surface area contributed by atoms with Crippen LogP contribution >= 0.6 is 0 Å². The van der Waals surface area contributed by atoms with E-state index in [9.17, 15) is 59.7 Å². The summed E-state index contributed by atoms with van der Waals surface area (Å²) >= 11 is 0. The Kier molecular flexibility index (Phi) is 9.80. The average Bonchev–Trinajstić information content (AvgIpc) is 3.31. The van der Waals surface area contributed by atoms with E-state index in [-0.39, 0.29) is 11.1 Å². The minimum absolute atomic E-state index is 0.134. The Morgan fingerprint density at radius 3 is 1.78 bits per heavy atom. The van der Waals surface area contributed by atoms with Gasteiger partial charge < -0.3 is 40.5 Å². The van der Waals surface area contributed by atoms with Crippen molar-refractivity contribution in [3.8, 4) is 0 Å². The van der Waals surface area contributed by atoms with E-state index in [1.54, 1.807) is 39.0 Å². The lowest BCUT2D eigenvalue weighted by atomic mass is 9.44. The first-order valence-electron chi connectivity index (χ1n) is 17.9. The number of ether oxygens (including phenoxy) is 1. The molecule has 1 heterocycles. The first-order chi connectivity index (χ1) is 25.3. The number of carbonyl (C=O) groups is 5. The van der Waals surface area contributed by atoms with Crippen molar-refractivity contribution < 1.29 is 64.5 Å². The highest BCUT2D eigenvalue weighted by molar-refractivity contribution is 6.29. The average molecular weight is 761 g/mol. The molecule has 0 amide bonds. The van der Waals surface area contributed by atoms with Gasteiger partial charge in [-0.05, 0) is 79.5 Å². The predicted molar refractivity (Wildman–Crippen MR) is 198 cm³/mol. The minimum Gasteiger partial charge on any atom is -0.508 e. The summed E-state index contributed by atoms with van der Waals surface area (Å²) in [5, 5.41) is 80.8. The van der Waals surface area contributed by atoms with Crippen molar-refractivity contribution in [3.63, 3.8) is 0 Å². The Morgan fingerprint density at radius 2 is 1.24 bits per heavy atom. The number of hydrogen-bond acceptors (Lipinski definition) is 13. The summed E-state index contributed by atoms with van der Waals surface area (Å²) in [5.41, 5.74) is -13.8. The van der Waals surface area contributed by atoms with Gasteiger partial charge in [-0.25, -0.2) is 0 Å². The van der Waals surface area contributed by atoms with Crippen molar-refractivity contribution in [2.45, 2.75) is 84.9 Å². The first-order valence-corrected chi connectivity index (χ1v) is 17.9. The Morgan fingerprint density at radius 1 is 0.709 bits per heavy atom. The highest BCUT2D eigenvalue weighted by Crippen LogP contribution is 2.67. The molecule has 6 rings (SSSR count). The van der Waals surface area contributed by atoms with Crippen LogP contribution in [0.15, 0.2) is 106 Å². The van der Waals surface area contributed by atoms with Gasteiger partial charge in [0.25, 0.3) is 0 Å². The summed E-state index contributed by atoms with van der Waals surface area (Å²) < 4.78 is 5.94. The smallest absolute Gasteiger partial charge is 0.217 e. The minimum atomic E-state index is -3.17. The van der Waals surface area contributed by atoms with Crippen LogP contribution in [0.2, 0.25) is 0 Å². The molecule has 13 nitrogen and oxygen atoms in total. The molecule has 0 aromatic carbocycles. The second-order valence-electron chi connectivity index (χ2n) is 15.9. The van der Waals surface area contributed by atoms with Crippen molar-refractivity contribution >= 4 is 28.9 Å². The first kappa shape index (κ1) is 41.2. The monoisotopic (exact) mass is 760 g/mol. The number of aliphatic hydroxyl groups excluding tert-OH is 4. The zero-order valence-electron chi connectivity index (χ0n) is 32.2. The quantitative estimate of drug-likeness (QED) is 0.0652. The fourth-order valence-corrected chi connectivity index (χ4v) is 9.83. The Hall–Kier alpha value is -4.95. The maximum atomic E-state index is 14.5. The number of rotatable bonds is 6. The molecule has 1 aliphatic heterocycles. The number of Topliss-reactive ketones (excluding diaryl/α,β-unsaturated/α-hetero) is 5. The molecule has 7 N–H and O–H groups in total. The summed E-state index contributed by atoms with van der Waals surface area (Å²) in [6, 6.07) is 0. The second-order valence-corrected chi connectivity index (χ2v) is 15.9. The largest absolute Gasteiger partial charge is 0.508 e. The Balaban J connectivity index is 1.74. The van der Waals surface area contributed by atoms with E-state index in [4.69, 9.17) is 4.74 Å². The molecule has 1 saturated heterocycles. The Bertz CT molecular complexity index is 2100. The van der Waals surface area contributed by atoms with Gasteiger partial charge in [-0.2, -0.15) is 0 Å². The summed E-state index contributed by atoms with van der Waals surface area (Å²) in [6.45, 7) is 12.0. The van der Waals surface area contributed by atoms with Crippen LogP contribution < -0.4 is 0 Å². The van der Waals surface area contributed by atoms with Gasteiger partial charge in [0.15, 0.2) is 28.7 Å². The molecule has 0 aromatic rings. The third-order valence-electron chi connectivity index (χ3n) is 12.6. The maximum Gasteiger partial charge on any atom is 0.217 e. The molecule has 0 radical (unpaired) electrons. The number of carbonyl (C=O) groups excluding carboxylic acids is 5. The summed E-state index contributed by atoms with van der Waals surface area (Å²) in [4.78, 5) is 70.1. The van der Waals surface area contributed by atoms with Crippen LogP contribution in [0.1, 0.15) is 62.3 Å². The van der Waals surface area contributed by atoms with Crippen LogP contribution in [0.4, 0.5) is 0 Å². The van der Waals surface area contributed by atoms with Crippen molar-refractivity contribution in [2.75, 3.05) is 0 Å². The highest BCUT2D eigenvalue weighted by atomic mass is 16.7. The molecule has 55 heavy (non-hydrogen) atoms. The van der Waals surface area contributed by atoms with Crippen LogP contribution in [0.3, 0.4) is 0 Å². The molecule has 294 valence electrons. The van der Waals surface area contributed by atoms with Crippen LogP contribution in [0, 0.1) is 34.5 Å². The zero-order chi connectivity index (χ0) is 41.6. The van der Waals surface area contributed by atoms with Gasteiger partial charge in [-0.1, -0.05) is 49.5 Å². The standard InChI is InChI=1S/C42H48O13/c1-10-12-14-16-23(43)26-29-20(3)22(37(5,33(26)48)36(51)39(29,7)52)18-19-25(45)27-30(46)21(4)32(47)40(8)31(27)38(6)34(49)28(24(44)17-15-13-11-2)35(50)41(9,53)42(38,54)55-40/h10-20,22,29,31,43-46,52-54H,1-9H3/b12-10+,13-11+,16-14+,17-15+,19-18+,26-23-,27-25+,28-24+/t20-,22-,29+,31+,37+,38+,39-,40-,41-,42+/m0/s1. The molecule has 6 aliphatic rings. The van der Waals surface area contributed by atoms with Crippen LogP contribution in [-0.4, -0.2) is 87.3 Å². The molecular weight excluding hydrogens is 712 g/mol. The lowest BCUT2D eigenvalue weighted by Gasteiger charge is -2.57. The second kappa shape index (κ2) is 13.1. The van der Waals surface area contributed by atoms with Gasteiger partial charge in [0.05, 0.1) is 10.8 Å². The topological polar surface area (TPSA) is 236 Å². The lowest BCUT2D eigenvalue weighted by molar-refractivity contribution is -0.313. The van der Waals surface area contributed by atoms with Gasteiger partial charge in [0.2, 0.25) is 11.6 Å². The molecule has 5 fully saturated rings. The SMILES string of the molecule is C/C=C/C=C/C(O)=C1/C(=O)[C@]2(C)C(=O)[C@@](C)(O)[C@@H]1[C@@H](C)[C@@H]2/C=C/C(O)=C1/C(O)=C(C)C(=O)[C@@]2(C)O[C@@]3(O)[C@@](C)(O)C(=O)\C(=C(O)/C=C/C=C/C)C(=O)[C@@]3(C)[C@@H]12. The molecule has 5 aliphatic carbocycles. The molecule has 4 saturated carbocycles. The molecule has 13 heteroatoms. The Labute approximate surface area is 318 Å². The fraction of sp³-hybridized carbons (Fsp3) is 0.452. The molecular formula is C42H48O13. The van der Waals surface area contributed by atoms with Crippen molar-refractivity contribution in [2.24, 2.45) is 34.5 Å². The number of aliphatic hydroxyl groups is 7. The number of hydrogen-bond donors (Lipinski definition) is 7. The van der Waals surface area contributed by atoms with Crippen LogP contribution in [0.25, 0.3) is 0 Å². The summed E-state index contributed by atoms with van der Waals surface area (Å²) in [7, 11) is 0. The van der Waals surface area contributed by atoms with Gasteiger partial charge in [0.1, 0.15) is 39.8 Å². The molecule has 10 atom stereocenters. The fourth-order valence-electron chi connectivity index (χ4n) is 9.83. The van der Waals surface area contributed by atoms with E-state index >= 15 is 0 Å². The summed E-state index contributed by atoms with van der Waals surface area (Å²) in [5.74, 6) is -16.0. The van der Waals surface area contributed by atoms with Gasteiger partial charge in [-0.3, -0.25) is 24.0 Å². The van der Waals surface area contributed by atoms with Crippen LogP contribution in [-0.2, 0) is 28.7 Å². The number of allylic oxidation sites excluding steroid dienone is 11. The van der Waals surface area contributed by atoms with E-state index in [0.717, 1.165) is 26.0 Å².